The molecule has 0 spiro atoms. The van der Waals surface area contributed by atoms with Crippen LogP contribution < -0.4 is 30.2 Å². The molecule has 0 atom stereocenters. The van der Waals surface area contributed by atoms with Crippen LogP contribution in [-0.4, -0.2) is 70.9 Å². The van der Waals surface area contributed by atoms with Crippen LogP contribution in [0.15, 0.2) is 66.7 Å². The van der Waals surface area contributed by atoms with Crippen molar-refractivity contribution in [3.05, 3.63) is 88.4 Å². The number of aromatic nitrogens is 3. The number of carbonyl (C=O) groups excluding carboxylic acids is 2. The number of benzene rings is 3. The van der Waals surface area contributed by atoms with Crippen LogP contribution in [-0.2, 0) is 6.54 Å². The number of amides is 2. The molecule has 0 radical (unpaired) electrons. The van der Waals surface area contributed by atoms with E-state index in [0.29, 0.717) is 46.3 Å². The van der Waals surface area contributed by atoms with Crippen molar-refractivity contribution in [2.75, 3.05) is 43.5 Å². The summed E-state index contributed by atoms with van der Waals surface area (Å²) in [5.41, 5.74) is 1.98. The van der Waals surface area contributed by atoms with Crippen LogP contribution >= 0.6 is 11.6 Å². The Labute approximate surface area is 297 Å². The maximum Gasteiger partial charge on any atom is 0.422 e. The first kappa shape index (κ1) is 37.0. The van der Waals surface area contributed by atoms with Crippen molar-refractivity contribution in [3.8, 4) is 17.5 Å². The third kappa shape index (κ3) is 11.4. The normalized spacial score (nSPS) is 15.4. The van der Waals surface area contributed by atoms with E-state index < -0.39 is 30.3 Å². The highest BCUT2D eigenvalue weighted by Crippen LogP contribution is 2.27. The number of rotatable bonds is 3. The molecule has 51 heavy (non-hydrogen) atoms. The molecule has 0 saturated carbocycles. The Morgan fingerprint density at radius 2 is 1.73 bits per heavy atom. The minimum Gasteiger partial charge on any atom is -0.492 e. The molecule has 1 aromatic heterocycles. The van der Waals surface area contributed by atoms with Gasteiger partial charge in [-0.25, -0.2) is 4.79 Å². The number of ether oxygens (including phenoxy) is 3. The summed E-state index contributed by atoms with van der Waals surface area (Å²) in [6.45, 7) is 5.41. The van der Waals surface area contributed by atoms with Crippen molar-refractivity contribution in [1.29, 1.82) is 0 Å². The van der Waals surface area contributed by atoms with Crippen LogP contribution in [0.5, 0.6) is 17.5 Å². The lowest BCUT2D eigenvalue weighted by Gasteiger charge is -2.32. The topological polar surface area (TPSA) is 140 Å². The van der Waals surface area contributed by atoms with Crippen LogP contribution in [0, 0.1) is 12.3 Å². The maximum absolute atomic E-state index is 13.4. The molecule has 3 aromatic carbocycles. The van der Waals surface area contributed by atoms with E-state index in [0.717, 1.165) is 5.56 Å². The van der Waals surface area contributed by atoms with Gasteiger partial charge in [0, 0.05) is 37.4 Å². The quantitative estimate of drug-likeness (QED) is 0.199. The van der Waals surface area contributed by atoms with E-state index in [9.17, 15) is 22.8 Å². The number of anilines is 3. The summed E-state index contributed by atoms with van der Waals surface area (Å²) < 4.78 is 55.1. The van der Waals surface area contributed by atoms with E-state index in [2.05, 4.69) is 30.9 Å². The minimum atomic E-state index is -4.61. The largest absolute Gasteiger partial charge is 0.492 e. The van der Waals surface area contributed by atoms with E-state index in [1.807, 2.05) is 32.9 Å². The monoisotopic (exact) mass is 727 g/mol. The average Bonchev–Trinajstić information content (AvgIpc) is 3.08. The van der Waals surface area contributed by atoms with Crippen LogP contribution in [0.25, 0.3) is 0 Å². The number of nitrogens with zero attached hydrogens (tertiary/aromatic N) is 4. The summed E-state index contributed by atoms with van der Waals surface area (Å²) in [7, 11) is 0. The van der Waals surface area contributed by atoms with Gasteiger partial charge in [-0.05, 0) is 72.9 Å². The number of hydrogen-bond donors (Lipinski definition) is 3. The maximum atomic E-state index is 13.4. The molecule has 8 rings (SSSR count). The van der Waals surface area contributed by atoms with Gasteiger partial charge < -0.3 is 35.1 Å². The summed E-state index contributed by atoms with van der Waals surface area (Å²) in [5, 5.41) is 9.12. The second-order valence-electron chi connectivity index (χ2n) is 12.6. The molecule has 2 amide bonds. The van der Waals surface area contributed by atoms with Crippen molar-refractivity contribution in [1.82, 2.24) is 25.2 Å². The number of carbonyl (C=O) groups is 2. The van der Waals surface area contributed by atoms with Crippen molar-refractivity contribution < 1.29 is 37.0 Å². The van der Waals surface area contributed by atoms with Gasteiger partial charge in [0.25, 0.3) is 5.91 Å². The van der Waals surface area contributed by atoms with Gasteiger partial charge in [-0.3, -0.25) is 4.79 Å². The van der Waals surface area contributed by atoms with E-state index in [4.69, 9.17) is 25.8 Å². The molecule has 0 aliphatic carbocycles. The fraction of sp³-hybridized carbons (Fsp3) is 0.343. The second kappa shape index (κ2) is 16.1. The van der Waals surface area contributed by atoms with Crippen molar-refractivity contribution in [2.24, 2.45) is 5.41 Å². The van der Waals surface area contributed by atoms with Gasteiger partial charge in [0.05, 0.1) is 11.6 Å². The predicted octanol–water partition coefficient (Wildman–Crippen LogP) is 7.17. The lowest BCUT2D eigenvalue weighted by Crippen LogP contribution is -2.46. The number of aryl methyl sites for hydroxylation is 1. The van der Waals surface area contributed by atoms with Gasteiger partial charge in [-0.2, -0.15) is 28.1 Å². The zero-order valence-corrected chi connectivity index (χ0v) is 28.9. The number of hydrogen-bond acceptors (Lipinski definition) is 10. The zero-order valence-electron chi connectivity index (χ0n) is 28.1. The molecule has 0 unspecified atom stereocenters. The van der Waals surface area contributed by atoms with Gasteiger partial charge in [0.15, 0.2) is 6.61 Å². The fourth-order valence-corrected chi connectivity index (χ4v) is 5.18. The SMILES string of the molecule is Cc1ccc(OC(=O)N2CCCOc3ccc(cc3Cl)CNc3nc(nc(OCC(F)(F)F)n3)Nc3ccc(cc3)C(=O)NCC(C)(C)C2)cc1. The van der Waals surface area contributed by atoms with Crippen LogP contribution in [0.2, 0.25) is 5.02 Å². The Kier molecular flexibility index (Phi) is 11.7. The second-order valence-corrected chi connectivity index (χ2v) is 13.0. The molecule has 270 valence electrons. The fourth-order valence-electron chi connectivity index (χ4n) is 4.93. The summed E-state index contributed by atoms with van der Waals surface area (Å²) in [6.07, 6.45) is -4.68. The molecule has 5 heterocycles. The van der Waals surface area contributed by atoms with E-state index in [-0.39, 0.29) is 44.0 Å². The number of alkyl halides is 3. The number of nitrogens with one attached hydrogen (secondary N) is 3. The third-order valence-corrected chi connectivity index (χ3v) is 7.79. The predicted molar refractivity (Wildman–Crippen MR) is 185 cm³/mol. The summed E-state index contributed by atoms with van der Waals surface area (Å²) in [6, 6.07) is 18.1. The summed E-state index contributed by atoms with van der Waals surface area (Å²) in [5.74, 6) is 0.349. The van der Waals surface area contributed by atoms with Crippen molar-refractivity contribution in [3.63, 3.8) is 0 Å². The van der Waals surface area contributed by atoms with E-state index >= 15 is 0 Å². The molecular formula is C35H37ClF3N7O5. The smallest absolute Gasteiger partial charge is 0.422 e. The Bertz CT molecular complexity index is 1830. The first-order chi connectivity index (χ1) is 24.2. The summed E-state index contributed by atoms with van der Waals surface area (Å²) >= 11 is 6.52. The van der Waals surface area contributed by atoms with Gasteiger partial charge >= 0.3 is 18.3 Å². The standard InChI is InChI=1S/C35H37ClF3N7O5/c1-22-5-12-26(13-6-22)51-33(48)46-15-4-16-49-28-14-7-23(17-27(28)36)18-40-30-43-31(45-32(44-30)50-21-35(37,38)39)42-25-10-8-24(9-11-25)29(47)41-19-34(2,3)20-46/h5-14,17H,4,15-16,18-21H2,1-3H3,(H,41,47)(H2,40,42,43,44,45). The van der Waals surface area contributed by atoms with Gasteiger partial charge in [0.2, 0.25) is 11.9 Å². The minimum absolute atomic E-state index is 0.0559. The molecule has 12 nitrogen and oxygen atoms in total. The lowest BCUT2D eigenvalue weighted by atomic mass is 9.92. The van der Waals surface area contributed by atoms with E-state index in [1.165, 1.54) is 0 Å². The Hall–Kier alpha value is -5.31. The molecular weight excluding hydrogens is 691 g/mol. The van der Waals surface area contributed by atoms with Gasteiger partial charge in [0.1, 0.15) is 11.5 Å². The van der Waals surface area contributed by atoms with Crippen LogP contribution in [0.4, 0.5) is 35.5 Å². The molecule has 0 fully saturated rings. The Morgan fingerprint density at radius 1 is 1.00 bits per heavy atom. The molecule has 16 heteroatoms. The number of halogens is 4. The van der Waals surface area contributed by atoms with Crippen molar-refractivity contribution in [2.45, 2.75) is 39.9 Å². The summed E-state index contributed by atoms with van der Waals surface area (Å²) in [4.78, 5) is 40.3. The van der Waals surface area contributed by atoms with Crippen LogP contribution in [0.1, 0.15) is 41.8 Å². The highest BCUT2D eigenvalue weighted by Gasteiger charge is 2.30. The van der Waals surface area contributed by atoms with E-state index in [1.54, 1.807) is 59.5 Å². The van der Waals surface area contributed by atoms with Gasteiger partial charge in [-0.15, -0.1) is 0 Å². The highest BCUT2D eigenvalue weighted by molar-refractivity contribution is 6.32. The third-order valence-electron chi connectivity index (χ3n) is 7.49. The molecule has 0 saturated heterocycles. The molecule has 4 aliphatic heterocycles. The Morgan fingerprint density at radius 3 is 2.43 bits per heavy atom. The Balaban J connectivity index is 1.38. The molecule has 4 aromatic rings. The molecule has 4 aliphatic rings. The van der Waals surface area contributed by atoms with Crippen LogP contribution in [0.3, 0.4) is 0 Å². The molecule has 3 N–H and O–H groups in total. The first-order valence-electron chi connectivity index (χ1n) is 16.0. The lowest BCUT2D eigenvalue weighted by molar-refractivity contribution is -0.154. The zero-order chi connectivity index (χ0) is 36.6. The van der Waals surface area contributed by atoms with Crippen molar-refractivity contribution >= 4 is 41.2 Å². The molecule has 6 bridgehead atoms. The van der Waals surface area contributed by atoms with Gasteiger partial charge in [-0.1, -0.05) is 49.2 Å². The first-order valence-corrected chi connectivity index (χ1v) is 16.4. The average molecular weight is 728 g/mol. The highest BCUT2D eigenvalue weighted by atomic mass is 35.5.